The van der Waals surface area contributed by atoms with Gasteiger partial charge in [-0.2, -0.15) is 5.48 Å². The number of hydrogen-bond donors (Lipinski definition) is 1. The lowest BCUT2D eigenvalue weighted by Gasteiger charge is -2.24. The molecule has 1 atom stereocenters. The van der Waals surface area contributed by atoms with E-state index in [-0.39, 0.29) is 0 Å². The van der Waals surface area contributed by atoms with Crippen LogP contribution < -0.4 is 5.48 Å². The van der Waals surface area contributed by atoms with Crippen LogP contribution in [0.25, 0.3) is 0 Å². The Bertz CT molecular complexity index is 334. The molecule has 0 saturated heterocycles. The molecule has 2 heteroatoms. The van der Waals surface area contributed by atoms with Gasteiger partial charge in [0.1, 0.15) is 0 Å². The summed E-state index contributed by atoms with van der Waals surface area (Å²) in [6.07, 6.45) is 4.82. The lowest BCUT2D eigenvalue weighted by atomic mass is 9.92. The fourth-order valence-corrected chi connectivity index (χ4v) is 2.02. The van der Waals surface area contributed by atoms with Crippen LogP contribution in [-0.4, -0.2) is 6.04 Å². The summed E-state index contributed by atoms with van der Waals surface area (Å²) in [6, 6.07) is 10.5. The minimum atomic E-state index is 0.345. The maximum atomic E-state index is 5.52. The number of rotatable bonds is 4. The predicted octanol–water partition coefficient (Wildman–Crippen LogP) is 3.21. The van der Waals surface area contributed by atoms with Gasteiger partial charge in [0.15, 0.2) is 0 Å². The fraction of sp³-hybridized carbons (Fsp3) is 0.429. The summed E-state index contributed by atoms with van der Waals surface area (Å²) in [5.74, 6) is 0. The third-order valence-corrected chi connectivity index (χ3v) is 3.04. The van der Waals surface area contributed by atoms with Gasteiger partial charge in [-0.1, -0.05) is 48.9 Å². The SMILES string of the molecule is C=C1CCCCC1NOCc1ccccc1. The summed E-state index contributed by atoms with van der Waals surface area (Å²) in [5, 5.41) is 0. The van der Waals surface area contributed by atoms with Crippen molar-refractivity contribution in [3.63, 3.8) is 0 Å². The Morgan fingerprint density at radius 2 is 2.06 bits per heavy atom. The van der Waals surface area contributed by atoms with Crippen molar-refractivity contribution in [3.8, 4) is 0 Å². The Balaban J connectivity index is 1.73. The molecular weight excluding hydrogens is 198 g/mol. The largest absolute Gasteiger partial charge is 0.296 e. The van der Waals surface area contributed by atoms with Gasteiger partial charge >= 0.3 is 0 Å². The monoisotopic (exact) mass is 217 g/mol. The van der Waals surface area contributed by atoms with Crippen molar-refractivity contribution < 1.29 is 4.84 Å². The molecule has 1 fully saturated rings. The van der Waals surface area contributed by atoms with Gasteiger partial charge < -0.3 is 0 Å². The molecule has 2 nitrogen and oxygen atoms in total. The van der Waals surface area contributed by atoms with Crippen LogP contribution in [0.3, 0.4) is 0 Å². The lowest BCUT2D eigenvalue weighted by Crippen LogP contribution is -2.32. The summed E-state index contributed by atoms with van der Waals surface area (Å²) >= 11 is 0. The zero-order chi connectivity index (χ0) is 11.2. The van der Waals surface area contributed by atoms with E-state index in [9.17, 15) is 0 Å². The molecule has 1 aromatic rings. The first-order valence-corrected chi connectivity index (χ1v) is 5.95. The molecule has 1 aliphatic rings. The summed E-state index contributed by atoms with van der Waals surface area (Å²) < 4.78 is 0. The van der Waals surface area contributed by atoms with Crippen molar-refractivity contribution >= 4 is 0 Å². The second-order valence-corrected chi connectivity index (χ2v) is 4.35. The van der Waals surface area contributed by atoms with Crippen LogP contribution in [0, 0.1) is 0 Å². The first-order valence-electron chi connectivity index (χ1n) is 5.95. The van der Waals surface area contributed by atoms with E-state index in [1.165, 1.54) is 24.0 Å². The van der Waals surface area contributed by atoms with E-state index in [2.05, 4.69) is 24.2 Å². The van der Waals surface area contributed by atoms with Crippen molar-refractivity contribution in [1.82, 2.24) is 5.48 Å². The van der Waals surface area contributed by atoms with Gasteiger partial charge in [-0.05, 0) is 24.8 Å². The molecule has 0 aromatic heterocycles. The van der Waals surface area contributed by atoms with Crippen molar-refractivity contribution in [2.45, 2.75) is 38.3 Å². The quantitative estimate of drug-likeness (QED) is 0.617. The molecule has 0 amide bonds. The van der Waals surface area contributed by atoms with Crippen LogP contribution in [0.4, 0.5) is 0 Å². The Kier molecular flexibility index (Phi) is 4.14. The Morgan fingerprint density at radius 1 is 1.25 bits per heavy atom. The summed E-state index contributed by atoms with van der Waals surface area (Å²) in [4.78, 5) is 5.52. The van der Waals surface area contributed by atoms with Gasteiger partial charge in [0.25, 0.3) is 0 Å². The predicted molar refractivity (Wildman–Crippen MR) is 65.8 cm³/mol. The standard InChI is InChI=1S/C14H19NO/c1-12-7-5-6-10-14(12)15-16-11-13-8-3-2-4-9-13/h2-4,8-9,14-15H,1,5-7,10-11H2. The van der Waals surface area contributed by atoms with Crippen LogP contribution in [0.15, 0.2) is 42.5 Å². The molecule has 16 heavy (non-hydrogen) atoms. The highest BCUT2D eigenvalue weighted by Crippen LogP contribution is 2.21. The number of nitrogens with one attached hydrogen (secondary N) is 1. The highest BCUT2D eigenvalue weighted by atomic mass is 16.6. The normalized spacial score (nSPS) is 21.0. The minimum Gasteiger partial charge on any atom is -0.296 e. The van der Waals surface area contributed by atoms with E-state index in [0.29, 0.717) is 12.6 Å². The molecule has 1 aliphatic carbocycles. The maximum Gasteiger partial charge on any atom is 0.0933 e. The average Bonchev–Trinajstić information content (AvgIpc) is 2.33. The molecule has 0 aliphatic heterocycles. The smallest absolute Gasteiger partial charge is 0.0933 e. The molecule has 86 valence electrons. The van der Waals surface area contributed by atoms with E-state index in [0.717, 1.165) is 12.8 Å². The molecule has 1 unspecified atom stereocenters. The fourth-order valence-electron chi connectivity index (χ4n) is 2.02. The van der Waals surface area contributed by atoms with Crippen LogP contribution in [-0.2, 0) is 11.4 Å². The number of hydrogen-bond acceptors (Lipinski definition) is 2. The van der Waals surface area contributed by atoms with Crippen LogP contribution in [0.1, 0.15) is 31.2 Å². The van der Waals surface area contributed by atoms with Gasteiger partial charge in [-0.25, -0.2) is 0 Å². The highest BCUT2D eigenvalue weighted by molar-refractivity contribution is 5.13. The molecule has 2 rings (SSSR count). The zero-order valence-corrected chi connectivity index (χ0v) is 9.61. The van der Waals surface area contributed by atoms with E-state index in [4.69, 9.17) is 4.84 Å². The molecule has 1 N–H and O–H groups in total. The van der Waals surface area contributed by atoms with Gasteiger partial charge in [-0.15, -0.1) is 0 Å². The first kappa shape index (κ1) is 11.4. The van der Waals surface area contributed by atoms with Crippen molar-refractivity contribution in [2.75, 3.05) is 0 Å². The Morgan fingerprint density at radius 3 is 2.81 bits per heavy atom. The van der Waals surface area contributed by atoms with E-state index < -0.39 is 0 Å². The summed E-state index contributed by atoms with van der Waals surface area (Å²) in [6.45, 7) is 4.69. The van der Waals surface area contributed by atoms with E-state index in [1.807, 2.05) is 18.2 Å². The molecular formula is C14H19NO. The average molecular weight is 217 g/mol. The zero-order valence-electron chi connectivity index (χ0n) is 9.61. The highest BCUT2D eigenvalue weighted by Gasteiger charge is 2.16. The second kappa shape index (κ2) is 5.83. The molecule has 1 saturated carbocycles. The van der Waals surface area contributed by atoms with Crippen LogP contribution in [0.2, 0.25) is 0 Å². The van der Waals surface area contributed by atoms with Gasteiger partial charge in [0.05, 0.1) is 12.6 Å². The second-order valence-electron chi connectivity index (χ2n) is 4.35. The molecule has 0 spiro atoms. The Labute approximate surface area is 97.3 Å². The van der Waals surface area contributed by atoms with Crippen LogP contribution in [0.5, 0.6) is 0 Å². The lowest BCUT2D eigenvalue weighted by molar-refractivity contribution is 0.00653. The molecule has 0 heterocycles. The molecule has 1 aromatic carbocycles. The van der Waals surface area contributed by atoms with Gasteiger partial charge in [0, 0.05) is 0 Å². The van der Waals surface area contributed by atoms with Crippen molar-refractivity contribution in [1.29, 1.82) is 0 Å². The molecule has 0 radical (unpaired) electrons. The third-order valence-electron chi connectivity index (χ3n) is 3.04. The Hall–Kier alpha value is -1.12. The third kappa shape index (κ3) is 3.19. The summed E-state index contributed by atoms with van der Waals surface area (Å²) in [7, 11) is 0. The number of benzene rings is 1. The summed E-state index contributed by atoms with van der Waals surface area (Å²) in [5.41, 5.74) is 5.59. The van der Waals surface area contributed by atoms with Gasteiger partial charge in [-0.3, -0.25) is 4.84 Å². The minimum absolute atomic E-state index is 0.345. The first-order chi connectivity index (χ1) is 7.86. The van der Waals surface area contributed by atoms with E-state index in [1.54, 1.807) is 0 Å². The topological polar surface area (TPSA) is 21.3 Å². The van der Waals surface area contributed by atoms with Gasteiger partial charge in [0.2, 0.25) is 0 Å². The van der Waals surface area contributed by atoms with Crippen molar-refractivity contribution in [2.24, 2.45) is 0 Å². The number of hydroxylamine groups is 1. The van der Waals surface area contributed by atoms with Crippen LogP contribution >= 0.6 is 0 Å². The molecule has 0 bridgehead atoms. The van der Waals surface area contributed by atoms with Crippen molar-refractivity contribution in [3.05, 3.63) is 48.0 Å². The van der Waals surface area contributed by atoms with E-state index >= 15 is 0 Å². The maximum absolute atomic E-state index is 5.52.